The Kier molecular flexibility index (Phi) is 5.18. The highest BCUT2D eigenvalue weighted by Gasteiger charge is 2.21. The summed E-state index contributed by atoms with van der Waals surface area (Å²) in [7, 11) is 0. The van der Waals surface area contributed by atoms with Crippen LogP contribution in [0, 0.1) is 0 Å². The Morgan fingerprint density at radius 2 is 1.89 bits per heavy atom. The van der Waals surface area contributed by atoms with Gasteiger partial charge in [0.15, 0.2) is 5.96 Å². The SMILES string of the molecule is CCNC(=NCc1cc2ccccc2o1)N1CCN(c2ncccn2)CC1. The fourth-order valence-corrected chi connectivity index (χ4v) is 3.27. The Morgan fingerprint density at radius 1 is 1.11 bits per heavy atom. The number of hydrogen-bond donors (Lipinski definition) is 1. The number of anilines is 1. The summed E-state index contributed by atoms with van der Waals surface area (Å²) in [6, 6.07) is 11.9. The molecule has 1 saturated heterocycles. The first-order chi connectivity index (χ1) is 13.3. The summed E-state index contributed by atoms with van der Waals surface area (Å²) in [6.45, 7) is 6.96. The van der Waals surface area contributed by atoms with Crippen molar-refractivity contribution in [1.82, 2.24) is 20.2 Å². The van der Waals surface area contributed by atoms with E-state index in [0.29, 0.717) is 6.54 Å². The van der Waals surface area contributed by atoms with Gasteiger partial charge < -0.3 is 19.5 Å². The van der Waals surface area contributed by atoms with Crippen LogP contribution < -0.4 is 10.2 Å². The van der Waals surface area contributed by atoms with Gasteiger partial charge in [-0.2, -0.15) is 0 Å². The third-order valence-electron chi connectivity index (χ3n) is 4.61. The van der Waals surface area contributed by atoms with Gasteiger partial charge in [-0.1, -0.05) is 18.2 Å². The smallest absolute Gasteiger partial charge is 0.225 e. The number of hydrogen-bond acceptors (Lipinski definition) is 5. The minimum atomic E-state index is 0.527. The summed E-state index contributed by atoms with van der Waals surface area (Å²) >= 11 is 0. The Bertz CT molecular complexity index is 866. The van der Waals surface area contributed by atoms with Gasteiger partial charge in [-0.15, -0.1) is 0 Å². The second kappa shape index (κ2) is 8.07. The maximum atomic E-state index is 5.88. The predicted molar refractivity (Wildman–Crippen MR) is 107 cm³/mol. The van der Waals surface area contributed by atoms with Gasteiger partial charge in [-0.05, 0) is 25.1 Å². The first-order valence-corrected chi connectivity index (χ1v) is 9.36. The van der Waals surface area contributed by atoms with Crippen molar-refractivity contribution < 1.29 is 4.42 Å². The highest BCUT2D eigenvalue weighted by atomic mass is 16.3. The maximum Gasteiger partial charge on any atom is 0.225 e. The van der Waals surface area contributed by atoms with E-state index in [1.54, 1.807) is 12.4 Å². The molecule has 3 aromatic rings. The fourth-order valence-electron chi connectivity index (χ4n) is 3.27. The van der Waals surface area contributed by atoms with E-state index in [1.165, 1.54) is 0 Å². The summed E-state index contributed by atoms with van der Waals surface area (Å²) in [5.41, 5.74) is 0.907. The molecular weight excluding hydrogens is 340 g/mol. The lowest BCUT2D eigenvalue weighted by atomic mass is 10.2. The van der Waals surface area contributed by atoms with E-state index in [4.69, 9.17) is 9.41 Å². The second-order valence-corrected chi connectivity index (χ2v) is 6.44. The number of benzene rings is 1. The molecule has 0 bridgehead atoms. The van der Waals surface area contributed by atoms with Crippen molar-refractivity contribution in [3.8, 4) is 0 Å². The number of guanidine groups is 1. The van der Waals surface area contributed by atoms with E-state index in [1.807, 2.05) is 24.3 Å². The number of aromatic nitrogens is 2. The molecule has 3 heterocycles. The van der Waals surface area contributed by atoms with Crippen molar-refractivity contribution in [3.63, 3.8) is 0 Å². The van der Waals surface area contributed by atoms with Gasteiger partial charge in [-0.25, -0.2) is 15.0 Å². The molecule has 1 N–H and O–H groups in total. The van der Waals surface area contributed by atoms with Gasteiger partial charge in [0.05, 0.1) is 0 Å². The number of furan rings is 1. The molecule has 0 radical (unpaired) electrons. The number of nitrogens with one attached hydrogen (secondary N) is 1. The van der Waals surface area contributed by atoms with Crippen LogP contribution in [0.4, 0.5) is 5.95 Å². The van der Waals surface area contributed by atoms with E-state index in [2.05, 4.69) is 44.1 Å². The second-order valence-electron chi connectivity index (χ2n) is 6.44. The zero-order chi connectivity index (χ0) is 18.5. The summed E-state index contributed by atoms with van der Waals surface area (Å²) < 4.78 is 5.88. The minimum Gasteiger partial charge on any atom is -0.459 e. The molecule has 2 aromatic heterocycles. The fraction of sp³-hybridized carbons (Fsp3) is 0.350. The van der Waals surface area contributed by atoms with E-state index < -0.39 is 0 Å². The largest absolute Gasteiger partial charge is 0.459 e. The van der Waals surface area contributed by atoms with Crippen LogP contribution in [0.15, 0.2) is 58.2 Å². The molecule has 0 atom stereocenters. The molecule has 1 fully saturated rings. The molecule has 1 aliphatic rings. The van der Waals surface area contributed by atoms with Crippen molar-refractivity contribution in [3.05, 3.63) is 54.6 Å². The maximum absolute atomic E-state index is 5.88. The molecule has 0 spiro atoms. The van der Waals surface area contributed by atoms with Crippen LogP contribution in [-0.4, -0.2) is 53.6 Å². The Balaban J connectivity index is 1.42. The van der Waals surface area contributed by atoms with Crippen LogP contribution >= 0.6 is 0 Å². The molecular formula is C20H24N6O. The molecule has 7 nitrogen and oxygen atoms in total. The highest BCUT2D eigenvalue weighted by molar-refractivity contribution is 5.80. The topological polar surface area (TPSA) is 69.8 Å². The Labute approximate surface area is 158 Å². The van der Waals surface area contributed by atoms with Crippen molar-refractivity contribution in [2.45, 2.75) is 13.5 Å². The van der Waals surface area contributed by atoms with Crippen molar-refractivity contribution >= 4 is 22.9 Å². The zero-order valence-corrected chi connectivity index (χ0v) is 15.5. The molecule has 0 aliphatic carbocycles. The zero-order valence-electron chi connectivity index (χ0n) is 15.5. The average Bonchev–Trinajstić information content (AvgIpc) is 3.15. The molecule has 27 heavy (non-hydrogen) atoms. The molecule has 0 saturated carbocycles. The summed E-state index contributed by atoms with van der Waals surface area (Å²) in [6.07, 6.45) is 3.57. The lowest BCUT2D eigenvalue weighted by Gasteiger charge is -2.36. The van der Waals surface area contributed by atoms with E-state index >= 15 is 0 Å². The minimum absolute atomic E-state index is 0.527. The van der Waals surface area contributed by atoms with Crippen LogP contribution in [0.3, 0.4) is 0 Å². The monoisotopic (exact) mass is 364 g/mol. The predicted octanol–water partition coefficient (Wildman–Crippen LogP) is 2.51. The van der Waals surface area contributed by atoms with Gasteiger partial charge in [-0.3, -0.25) is 0 Å². The third-order valence-corrected chi connectivity index (χ3v) is 4.61. The summed E-state index contributed by atoms with van der Waals surface area (Å²) in [5, 5.41) is 4.51. The van der Waals surface area contributed by atoms with E-state index in [-0.39, 0.29) is 0 Å². The molecule has 0 unspecified atom stereocenters. The van der Waals surface area contributed by atoms with Gasteiger partial charge in [0, 0.05) is 50.5 Å². The molecule has 1 aromatic carbocycles. The highest BCUT2D eigenvalue weighted by Crippen LogP contribution is 2.19. The van der Waals surface area contributed by atoms with Crippen molar-refractivity contribution in [2.75, 3.05) is 37.6 Å². The Morgan fingerprint density at radius 3 is 2.63 bits per heavy atom. The van der Waals surface area contributed by atoms with Gasteiger partial charge in [0.25, 0.3) is 0 Å². The first kappa shape index (κ1) is 17.3. The Hall–Kier alpha value is -3.09. The number of nitrogens with zero attached hydrogens (tertiary/aromatic N) is 5. The quantitative estimate of drug-likeness (QED) is 0.567. The van der Waals surface area contributed by atoms with Crippen LogP contribution in [0.25, 0.3) is 11.0 Å². The van der Waals surface area contributed by atoms with Crippen LogP contribution in [0.5, 0.6) is 0 Å². The molecule has 140 valence electrons. The number of para-hydroxylation sites is 1. The third kappa shape index (κ3) is 4.02. The van der Waals surface area contributed by atoms with Crippen molar-refractivity contribution in [2.24, 2.45) is 4.99 Å². The molecule has 4 rings (SSSR count). The molecule has 1 aliphatic heterocycles. The molecule has 0 amide bonds. The number of piperazine rings is 1. The number of aliphatic imine (C=N–C) groups is 1. The van der Waals surface area contributed by atoms with Crippen LogP contribution in [0.2, 0.25) is 0 Å². The molecule has 7 heteroatoms. The van der Waals surface area contributed by atoms with Gasteiger partial charge in [0.1, 0.15) is 17.9 Å². The van der Waals surface area contributed by atoms with Gasteiger partial charge in [0.2, 0.25) is 5.95 Å². The van der Waals surface area contributed by atoms with Crippen molar-refractivity contribution in [1.29, 1.82) is 0 Å². The number of fused-ring (bicyclic) bond motifs is 1. The first-order valence-electron chi connectivity index (χ1n) is 9.36. The lowest BCUT2D eigenvalue weighted by Crippen LogP contribution is -2.52. The van der Waals surface area contributed by atoms with Gasteiger partial charge >= 0.3 is 0 Å². The normalized spacial score (nSPS) is 15.4. The van der Waals surface area contributed by atoms with E-state index in [0.717, 1.165) is 61.4 Å². The standard InChI is InChI=1S/C20H24N6O/c1-2-21-19(24-15-17-14-16-6-3-4-7-18(16)27-17)25-10-12-26(13-11-25)20-22-8-5-9-23-20/h3-9,14H,2,10-13,15H2,1H3,(H,21,24). The van der Waals surface area contributed by atoms with Crippen LogP contribution in [0.1, 0.15) is 12.7 Å². The van der Waals surface area contributed by atoms with E-state index in [9.17, 15) is 0 Å². The number of rotatable bonds is 4. The lowest BCUT2D eigenvalue weighted by molar-refractivity contribution is 0.369. The van der Waals surface area contributed by atoms with Crippen LogP contribution in [-0.2, 0) is 6.54 Å². The average molecular weight is 364 g/mol. The summed E-state index contributed by atoms with van der Waals surface area (Å²) in [5.74, 6) is 2.59. The summed E-state index contributed by atoms with van der Waals surface area (Å²) in [4.78, 5) is 18.0.